The first-order valence-corrected chi connectivity index (χ1v) is 9.72. The molecule has 0 amide bonds. The third-order valence-corrected chi connectivity index (χ3v) is 6.48. The van der Waals surface area contributed by atoms with Crippen LogP contribution in [0, 0.1) is 6.92 Å². The summed E-state index contributed by atoms with van der Waals surface area (Å²) in [5.74, 6) is 0.795. The Morgan fingerprint density at radius 1 is 1.12 bits per heavy atom. The molecule has 0 radical (unpaired) electrons. The van der Waals surface area contributed by atoms with Crippen molar-refractivity contribution in [1.29, 1.82) is 0 Å². The van der Waals surface area contributed by atoms with Gasteiger partial charge in [0.1, 0.15) is 5.75 Å². The molecule has 1 aliphatic rings. The zero-order valence-corrected chi connectivity index (χ0v) is 15.4. The van der Waals surface area contributed by atoms with Gasteiger partial charge in [0.15, 0.2) is 0 Å². The molecule has 25 heavy (non-hydrogen) atoms. The number of sulfonamides is 1. The maximum Gasteiger partial charge on any atom is 0.243 e. The molecule has 0 aliphatic carbocycles. The van der Waals surface area contributed by atoms with Gasteiger partial charge < -0.3 is 4.74 Å². The minimum Gasteiger partial charge on any atom is -0.497 e. The second kappa shape index (κ2) is 7.02. The van der Waals surface area contributed by atoms with Gasteiger partial charge in [-0.15, -0.1) is 0 Å². The zero-order valence-electron chi connectivity index (χ0n) is 14.6. The van der Waals surface area contributed by atoms with Crippen LogP contribution in [0.3, 0.4) is 0 Å². The van der Waals surface area contributed by atoms with Gasteiger partial charge in [0, 0.05) is 12.6 Å². The summed E-state index contributed by atoms with van der Waals surface area (Å²) in [6.45, 7) is 6.35. The lowest BCUT2D eigenvalue weighted by Crippen LogP contribution is -2.36. The Kier molecular flexibility index (Phi) is 4.97. The topological polar surface area (TPSA) is 46.6 Å². The minimum absolute atomic E-state index is 0.104. The molecule has 1 fully saturated rings. The van der Waals surface area contributed by atoms with Gasteiger partial charge in [-0.05, 0) is 49.6 Å². The van der Waals surface area contributed by atoms with Crippen molar-refractivity contribution in [2.45, 2.75) is 30.7 Å². The number of methoxy groups -OCH3 is 1. The van der Waals surface area contributed by atoms with Crippen LogP contribution in [0.4, 0.5) is 0 Å². The monoisotopic (exact) mass is 357 g/mol. The van der Waals surface area contributed by atoms with E-state index in [1.54, 1.807) is 23.5 Å². The van der Waals surface area contributed by atoms with Crippen molar-refractivity contribution >= 4 is 10.0 Å². The second-order valence-corrected chi connectivity index (χ2v) is 8.41. The molecule has 4 nitrogen and oxygen atoms in total. The molecule has 0 bridgehead atoms. The van der Waals surface area contributed by atoms with E-state index in [9.17, 15) is 8.42 Å². The molecule has 0 spiro atoms. The van der Waals surface area contributed by atoms with Crippen LogP contribution in [-0.2, 0) is 16.4 Å². The Morgan fingerprint density at radius 3 is 2.36 bits per heavy atom. The Labute approximate surface area is 149 Å². The van der Waals surface area contributed by atoms with E-state index in [4.69, 9.17) is 4.74 Å². The SMILES string of the molecule is C=C1C[C@@H](Cc2ccc(OC)cc2)N(S(=O)(=O)c2ccc(C)cc2)C1. The number of hydrogen-bond donors (Lipinski definition) is 0. The van der Waals surface area contributed by atoms with Gasteiger partial charge >= 0.3 is 0 Å². The van der Waals surface area contributed by atoms with Gasteiger partial charge in [-0.2, -0.15) is 4.31 Å². The molecule has 0 N–H and O–H groups in total. The van der Waals surface area contributed by atoms with Crippen LogP contribution in [0.25, 0.3) is 0 Å². The standard InChI is InChI=1S/C20H23NO3S/c1-15-4-10-20(11-5-15)25(22,23)21-14-16(2)12-18(21)13-17-6-8-19(24-3)9-7-17/h4-11,18H,2,12-14H2,1,3H3/t18-/m0/s1. The third kappa shape index (κ3) is 3.78. The maximum atomic E-state index is 13.1. The average molecular weight is 357 g/mol. The van der Waals surface area contributed by atoms with E-state index in [-0.39, 0.29) is 6.04 Å². The molecule has 3 rings (SSSR count). The quantitative estimate of drug-likeness (QED) is 0.769. The van der Waals surface area contributed by atoms with Crippen molar-refractivity contribution in [1.82, 2.24) is 4.31 Å². The Balaban J connectivity index is 1.85. The lowest BCUT2D eigenvalue weighted by atomic mass is 10.0. The molecule has 1 aliphatic heterocycles. The fourth-order valence-electron chi connectivity index (χ4n) is 3.18. The summed E-state index contributed by atoms with van der Waals surface area (Å²) in [4.78, 5) is 0.340. The Hall–Kier alpha value is -2.11. The van der Waals surface area contributed by atoms with Crippen LogP contribution in [0.5, 0.6) is 5.75 Å². The summed E-state index contributed by atoms with van der Waals surface area (Å²) < 4.78 is 32.9. The van der Waals surface area contributed by atoms with Gasteiger partial charge in [-0.3, -0.25) is 0 Å². The van der Waals surface area contributed by atoms with Crippen molar-refractivity contribution in [3.8, 4) is 5.75 Å². The Morgan fingerprint density at radius 2 is 1.76 bits per heavy atom. The molecule has 1 heterocycles. The second-order valence-electron chi connectivity index (χ2n) is 6.52. The first-order valence-electron chi connectivity index (χ1n) is 8.28. The van der Waals surface area contributed by atoms with E-state index >= 15 is 0 Å². The van der Waals surface area contributed by atoms with Crippen molar-refractivity contribution in [2.75, 3.05) is 13.7 Å². The lowest BCUT2D eigenvalue weighted by Gasteiger charge is -2.24. The number of ether oxygens (including phenoxy) is 1. The highest BCUT2D eigenvalue weighted by Crippen LogP contribution is 2.31. The molecular weight excluding hydrogens is 334 g/mol. The molecule has 0 unspecified atom stereocenters. The minimum atomic E-state index is -3.52. The van der Waals surface area contributed by atoms with E-state index in [2.05, 4.69) is 6.58 Å². The largest absolute Gasteiger partial charge is 0.497 e. The van der Waals surface area contributed by atoms with Crippen LogP contribution >= 0.6 is 0 Å². The van der Waals surface area contributed by atoms with Crippen molar-refractivity contribution in [3.05, 3.63) is 71.8 Å². The predicted octanol–water partition coefficient (Wildman–Crippen LogP) is 3.57. The van der Waals surface area contributed by atoms with Gasteiger partial charge in [-0.1, -0.05) is 42.0 Å². The first-order chi connectivity index (χ1) is 11.9. The van der Waals surface area contributed by atoms with Crippen LogP contribution < -0.4 is 4.74 Å². The molecule has 1 atom stereocenters. The van der Waals surface area contributed by atoms with Gasteiger partial charge in [-0.25, -0.2) is 8.42 Å². The molecular formula is C20H23NO3S. The summed E-state index contributed by atoms with van der Waals surface area (Å²) in [6, 6.07) is 14.7. The van der Waals surface area contributed by atoms with Crippen molar-refractivity contribution < 1.29 is 13.2 Å². The van der Waals surface area contributed by atoms with Crippen LogP contribution in [0.1, 0.15) is 17.5 Å². The first kappa shape index (κ1) is 17.7. The summed E-state index contributed by atoms with van der Waals surface area (Å²) >= 11 is 0. The van der Waals surface area contributed by atoms with E-state index in [0.717, 1.165) is 22.4 Å². The normalized spacial score (nSPS) is 18.5. The van der Waals surface area contributed by atoms with E-state index in [1.807, 2.05) is 43.3 Å². The van der Waals surface area contributed by atoms with Crippen molar-refractivity contribution in [3.63, 3.8) is 0 Å². The van der Waals surface area contributed by atoms with Gasteiger partial charge in [0.25, 0.3) is 0 Å². The molecule has 5 heteroatoms. The summed E-state index contributed by atoms with van der Waals surface area (Å²) in [7, 11) is -1.89. The molecule has 2 aromatic carbocycles. The lowest BCUT2D eigenvalue weighted by molar-refractivity contribution is 0.385. The molecule has 0 aromatic heterocycles. The molecule has 0 saturated carbocycles. The highest BCUT2D eigenvalue weighted by atomic mass is 32.2. The van der Waals surface area contributed by atoms with E-state index in [1.165, 1.54) is 0 Å². The smallest absolute Gasteiger partial charge is 0.243 e. The zero-order chi connectivity index (χ0) is 18.0. The Bertz CT molecular complexity index is 855. The van der Waals surface area contributed by atoms with E-state index in [0.29, 0.717) is 24.3 Å². The summed E-state index contributed by atoms with van der Waals surface area (Å²) in [5.41, 5.74) is 3.08. The highest BCUT2D eigenvalue weighted by Gasteiger charge is 2.36. The van der Waals surface area contributed by atoms with Crippen LogP contribution in [0.2, 0.25) is 0 Å². The predicted molar refractivity (Wildman–Crippen MR) is 99.3 cm³/mol. The summed E-state index contributed by atoms with van der Waals surface area (Å²) in [5, 5.41) is 0. The van der Waals surface area contributed by atoms with Crippen LogP contribution in [-0.4, -0.2) is 32.4 Å². The number of rotatable bonds is 5. The molecule has 132 valence electrons. The number of nitrogens with zero attached hydrogens (tertiary/aromatic N) is 1. The number of benzene rings is 2. The number of hydrogen-bond acceptors (Lipinski definition) is 3. The van der Waals surface area contributed by atoms with Gasteiger partial charge in [0.05, 0.1) is 12.0 Å². The van der Waals surface area contributed by atoms with Crippen LogP contribution in [0.15, 0.2) is 65.6 Å². The third-order valence-electron chi connectivity index (χ3n) is 4.57. The average Bonchev–Trinajstić information content (AvgIpc) is 2.97. The fraction of sp³-hybridized carbons (Fsp3) is 0.300. The van der Waals surface area contributed by atoms with E-state index < -0.39 is 10.0 Å². The van der Waals surface area contributed by atoms with Gasteiger partial charge in [0.2, 0.25) is 10.0 Å². The fourth-order valence-corrected chi connectivity index (χ4v) is 4.83. The molecule has 2 aromatic rings. The van der Waals surface area contributed by atoms with Crippen molar-refractivity contribution in [2.24, 2.45) is 0 Å². The number of aryl methyl sites for hydroxylation is 1. The maximum absolute atomic E-state index is 13.1. The highest BCUT2D eigenvalue weighted by molar-refractivity contribution is 7.89. The summed E-state index contributed by atoms with van der Waals surface area (Å²) in [6.07, 6.45) is 1.35. The molecule has 1 saturated heterocycles.